The van der Waals surface area contributed by atoms with Gasteiger partial charge in [-0.25, -0.2) is 0 Å². The molecule has 0 unspecified atom stereocenters. The van der Waals surface area contributed by atoms with Gasteiger partial charge in [0.05, 0.1) is 0 Å². The Morgan fingerprint density at radius 2 is 2.00 bits per heavy atom. The summed E-state index contributed by atoms with van der Waals surface area (Å²) in [5, 5.41) is 0.652. The van der Waals surface area contributed by atoms with Crippen LogP contribution in [0.3, 0.4) is 0 Å². The molecule has 0 N–H and O–H groups in total. The second-order valence-electron chi connectivity index (χ2n) is 4.72. The Kier molecular flexibility index (Phi) is 4.75. The summed E-state index contributed by atoms with van der Waals surface area (Å²) in [5.41, 5.74) is 3.35. The molecule has 2 aromatic rings. The zero-order chi connectivity index (χ0) is 14.5. The highest BCUT2D eigenvalue weighted by Crippen LogP contribution is 2.19. The number of carbonyl (C=O) groups is 1. The number of carbonyl (C=O) groups excluding carboxylic acids is 1. The SMILES string of the molecule is CCC=Cc1cccc(C(=O)c2ccc(Cl)cc2C)c1. The number of ketones is 1. The Bertz CT molecular complexity index is 656. The second-order valence-corrected chi connectivity index (χ2v) is 5.16. The molecule has 2 heteroatoms. The van der Waals surface area contributed by atoms with Gasteiger partial charge in [-0.2, -0.15) is 0 Å². The van der Waals surface area contributed by atoms with E-state index in [9.17, 15) is 4.79 Å². The second kappa shape index (κ2) is 6.53. The number of hydrogen-bond acceptors (Lipinski definition) is 1. The van der Waals surface area contributed by atoms with E-state index < -0.39 is 0 Å². The fourth-order valence-electron chi connectivity index (χ4n) is 2.07. The van der Waals surface area contributed by atoms with Gasteiger partial charge < -0.3 is 0 Å². The van der Waals surface area contributed by atoms with Gasteiger partial charge in [0.1, 0.15) is 0 Å². The van der Waals surface area contributed by atoms with Crippen LogP contribution in [0, 0.1) is 6.92 Å². The number of aryl methyl sites for hydroxylation is 1. The van der Waals surface area contributed by atoms with Crippen LogP contribution in [0.4, 0.5) is 0 Å². The highest BCUT2D eigenvalue weighted by atomic mass is 35.5. The lowest BCUT2D eigenvalue weighted by Crippen LogP contribution is -2.03. The van der Waals surface area contributed by atoms with Crippen molar-refractivity contribution in [1.82, 2.24) is 0 Å². The normalized spacial score (nSPS) is 10.9. The molecule has 0 fully saturated rings. The number of halogens is 1. The van der Waals surface area contributed by atoms with Crippen LogP contribution in [0.2, 0.25) is 5.02 Å². The predicted molar refractivity (Wildman–Crippen MR) is 85.4 cm³/mol. The molecule has 0 radical (unpaired) electrons. The molecule has 0 aromatic heterocycles. The van der Waals surface area contributed by atoms with E-state index in [1.807, 2.05) is 43.3 Å². The summed E-state index contributed by atoms with van der Waals surface area (Å²) in [6.45, 7) is 3.99. The van der Waals surface area contributed by atoms with Crippen LogP contribution in [-0.2, 0) is 0 Å². The predicted octanol–water partition coefficient (Wildman–Crippen LogP) is 5.30. The summed E-state index contributed by atoms with van der Waals surface area (Å²) in [6, 6.07) is 13.0. The van der Waals surface area contributed by atoms with Crippen molar-refractivity contribution in [3.8, 4) is 0 Å². The van der Waals surface area contributed by atoms with E-state index in [1.54, 1.807) is 12.1 Å². The molecule has 0 aliphatic carbocycles. The van der Waals surface area contributed by atoms with Gasteiger partial charge in [-0.05, 0) is 48.7 Å². The third kappa shape index (κ3) is 3.37. The van der Waals surface area contributed by atoms with Gasteiger partial charge in [-0.3, -0.25) is 4.79 Å². The van der Waals surface area contributed by atoms with Crippen LogP contribution in [0.15, 0.2) is 48.5 Å². The molecule has 2 rings (SSSR count). The van der Waals surface area contributed by atoms with E-state index in [1.165, 1.54) is 0 Å². The lowest BCUT2D eigenvalue weighted by Gasteiger charge is -2.06. The van der Waals surface area contributed by atoms with E-state index in [0.717, 1.165) is 17.5 Å². The van der Waals surface area contributed by atoms with E-state index in [-0.39, 0.29) is 5.78 Å². The van der Waals surface area contributed by atoms with Crippen molar-refractivity contribution in [3.05, 3.63) is 75.8 Å². The van der Waals surface area contributed by atoms with Gasteiger partial charge in [0.25, 0.3) is 0 Å². The third-order valence-corrected chi connectivity index (χ3v) is 3.36. The molecular formula is C18H17ClO. The minimum absolute atomic E-state index is 0.0333. The first-order valence-electron chi connectivity index (χ1n) is 6.69. The summed E-state index contributed by atoms with van der Waals surface area (Å²) in [5.74, 6) is 0.0333. The maximum Gasteiger partial charge on any atom is 0.193 e. The van der Waals surface area contributed by atoms with Gasteiger partial charge in [0.2, 0.25) is 0 Å². The van der Waals surface area contributed by atoms with Crippen molar-refractivity contribution < 1.29 is 4.79 Å². The summed E-state index contributed by atoms with van der Waals surface area (Å²) in [6.07, 6.45) is 5.09. The standard InChI is InChI=1S/C18H17ClO/c1-3-4-6-14-7-5-8-15(12-14)18(20)17-10-9-16(19)11-13(17)2/h4-12H,3H2,1-2H3. The molecule has 0 aliphatic rings. The van der Waals surface area contributed by atoms with Gasteiger partial charge in [-0.1, -0.05) is 48.9 Å². The fourth-order valence-corrected chi connectivity index (χ4v) is 2.30. The summed E-state index contributed by atoms with van der Waals surface area (Å²) in [4.78, 5) is 12.5. The molecule has 1 nitrogen and oxygen atoms in total. The number of allylic oxidation sites excluding steroid dienone is 1. The lowest BCUT2D eigenvalue weighted by atomic mass is 9.98. The number of benzene rings is 2. The number of rotatable bonds is 4. The van der Waals surface area contributed by atoms with Gasteiger partial charge >= 0.3 is 0 Å². The lowest BCUT2D eigenvalue weighted by molar-refractivity contribution is 0.103. The molecule has 20 heavy (non-hydrogen) atoms. The quantitative estimate of drug-likeness (QED) is 0.696. The van der Waals surface area contributed by atoms with Crippen LogP contribution < -0.4 is 0 Å². The van der Waals surface area contributed by atoms with Crippen molar-refractivity contribution in [2.45, 2.75) is 20.3 Å². The third-order valence-electron chi connectivity index (χ3n) is 3.13. The van der Waals surface area contributed by atoms with Crippen LogP contribution in [0.25, 0.3) is 6.08 Å². The van der Waals surface area contributed by atoms with Crippen molar-refractivity contribution in [2.75, 3.05) is 0 Å². The molecule has 0 spiro atoms. The van der Waals surface area contributed by atoms with Crippen molar-refractivity contribution >= 4 is 23.5 Å². The molecule has 0 aliphatic heterocycles. The van der Waals surface area contributed by atoms with Crippen LogP contribution in [-0.4, -0.2) is 5.78 Å². The zero-order valence-corrected chi connectivity index (χ0v) is 12.4. The molecule has 0 atom stereocenters. The smallest absolute Gasteiger partial charge is 0.193 e. The van der Waals surface area contributed by atoms with Crippen molar-refractivity contribution in [2.24, 2.45) is 0 Å². The molecule has 0 saturated heterocycles. The Balaban J connectivity index is 2.35. The average Bonchev–Trinajstić information content (AvgIpc) is 2.45. The minimum atomic E-state index is 0.0333. The van der Waals surface area contributed by atoms with Crippen LogP contribution in [0.5, 0.6) is 0 Å². The van der Waals surface area contributed by atoms with Gasteiger partial charge in [0.15, 0.2) is 5.78 Å². The summed E-state index contributed by atoms with van der Waals surface area (Å²) in [7, 11) is 0. The Morgan fingerprint density at radius 3 is 2.70 bits per heavy atom. The average molecular weight is 285 g/mol. The molecule has 0 amide bonds. The fraction of sp³-hybridized carbons (Fsp3) is 0.167. The monoisotopic (exact) mass is 284 g/mol. The van der Waals surface area contributed by atoms with E-state index in [0.29, 0.717) is 16.1 Å². The first-order valence-corrected chi connectivity index (χ1v) is 7.07. The van der Waals surface area contributed by atoms with E-state index >= 15 is 0 Å². The summed E-state index contributed by atoms with van der Waals surface area (Å²) < 4.78 is 0. The van der Waals surface area contributed by atoms with Crippen LogP contribution in [0.1, 0.15) is 40.4 Å². The molecule has 0 bridgehead atoms. The highest BCUT2D eigenvalue weighted by Gasteiger charge is 2.11. The zero-order valence-electron chi connectivity index (χ0n) is 11.7. The largest absolute Gasteiger partial charge is 0.289 e. The topological polar surface area (TPSA) is 17.1 Å². The van der Waals surface area contributed by atoms with Crippen LogP contribution >= 0.6 is 11.6 Å². The number of hydrogen-bond donors (Lipinski definition) is 0. The molecule has 0 heterocycles. The summed E-state index contributed by atoms with van der Waals surface area (Å²) >= 11 is 5.93. The van der Waals surface area contributed by atoms with Gasteiger partial charge in [0, 0.05) is 16.1 Å². The Labute approximate surface area is 124 Å². The Morgan fingerprint density at radius 1 is 1.20 bits per heavy atom. The Hall–Kier alpha value is -1.86. The highest BCUT2D eigenvalue weighted by molar-refractivity contribution is 6.30. The maximum atomic E-state index is 12.5. The molecule has 0 saturated carbocycles. The molecular weight excluding hydrogens is 268 g/mol. The first-order chi connectivity index (χ1) is 9.61. The maximum absolute atomic E-state index is 12.5. The molecule has 2 aromatic carbocycles. The first kappa shape index (κ1) is 14.5. The van der Waals surface area contributed by atoms with Crippen molar-refractivity contribution in [3.63, 3.8) is 0 Å². The van der Waals surface area contributed by atoms with Gasteiger partial charge in [-0.15, -0.1) is 0 Å². The van der Waals surface area contributed by atoms with Crippen molar-refractivity contribution in [1.29, 1.82) is 0 Å². The molecule has 102 valence electrons. The van der Waals surface area contributed by atoms with E-state index in [4.69, 9.17) is 11.6 Å². The minimum Gasteiger partial charge on any atom is -0.289 e. The van der Waals surface area contributed by atoms with E-state index in [2.05, 4.69) is 13.0 Å².